The monoisotopic (exact) mass is 437 g/mol. The molecule has 1 aromatic rings. The Morgan fingerprint density at radius 3 is 2.29 bits per heavy atom. The Hall–Kier alpha value is -1.93. The maximum Gasteiger partial charge on any atom is 0.433 e. The molecule has 7 nitrogen and oxygen atoms in total. The van der Waals surface area contributed by atoms with E-state index in [4.69, 9.17) is 15.6 Å². The minimum Gasteiger partial charge on any atom is -0.480 e. The van der Waals surface area contributed by atoms with Crippen molar-refractivity contribution in [3.8, 4) is 0 Å². The molecule has 0 aliphatic carbocycles. The van der Waals surface area contributed by atoms with Crippen molar-refractivity contribution in [3.05, 3.63) is 29.6 Å². The standard InChI is InChI=1S/C14H17F6N3O4S/c15-13(16,17)10-7-8(1-4-23-10)12(26,14(18,19)20)3-6-28(22,27)5-2-9(21)11(24)25/h1,4,7,9,22,26H,2-3,5-6,21H2,(H,24,25)/t9-,12?,28?/m0/s1. The van der Waals surface area contributed by atoms with Gasteiger partial charge in [-0.2, -0.15) is 26.3 Å². The first-order chi connectivity index (χ1) is 12.5. The third kappa shape index (κ3) is 6.04. The highest BCUT2D eigenvalue weighted by Crippen LogP contribution is 2.43. The second-order valence-corrected chi connectivity index (χ2v) is 8.43. The van der Waals surface area contributed by atoms with Gasteiger partial charge in [-0.25, -0.2) is 4.21 Å². The van der Waals surface area contributed by atoms with Crippen molar-refractivity contribution in [3.63, 3.8) is 0 Å². The lowest BCUT2D eigenvalue weighted by molar-refractivity contribution is -0.267. The lowest BCUT2D eigenvalue weighted by atomic mass is 9.90. The van der Waals surface area contributed by atoms with Crippen molar-refractivity contribution in [1.82, 2.24) is 4.98 Å². The number of carboxylic acid groups (broad SMARTS) is 1. The van der Waals surface area contributed by atoms with E-state index < -0.39 is 75.3 Å². The number of carboxylic acids is 1. The first kappa shape index (κ1) is 24.1. The molecule has 1 aromatic heterocycles. The molecule has 28 heavy (non-hydrogen) atoms. The summed E-state index contributed by atoms with van der Waals surface area (Å²) >= 11 is 0. The Bertz CT molecular complexity index is 812. The van der Waals surface area contributed by atoms with Crippen molar-refractivity contribution < 1.29 is 45.6 Å². The first-order valence-electron chi connectivity index (χ1n) is 7.55. The highest BCUT2D eigenvalue weighted by molar-refractivity contribution is 7.92. The molecule has 3 atom stereocenters. The summed E-state index contributed by atoms with van der Waals surface area (Å²) in [4.78, 5) is 13.5. The van der Waals surface area contributed by atoms with E-state index in [9.17, 15) is 40.5 Å². The van der Waals surface area contributed by atoms with E-state index in [1.165, 1.54) is 0 Å². The number of alkyl halides is 6. The SMILES string of the molecule is N=S(=O)(CC[C@H](N)C(=O)O)CCC(O)(c1ccnc(C(F)(F)F)c1)C(F)(F)F. The largest absolute Gasteiger partial charge is 0.480 e. The average molecular weight is 437 g/mol. The first-order valence-corrected chi connectivity index (χ1v) is 9.44. The van der Waals surface area contributed by atoms with Crippen LogP contribution in [-0.2, 0) is 26.3 Å². The Labute approximate surface area is 155 Å². The number of aromatic nitrogens is 1. The van der Waals surface area contributed by atoms with E-state index in [2.05, 4.69) is 4.98 Å². The number of aliphatic hydroxyl groups is 1. The van der Waals surface area contributed by atoms with Crippen molar-refractivity contribution in [1.29, 1.82) is 4.78 Å². The van der Waals surface area contributed by atoms with Gasteiger partial charge in [-0.15, -0.1) is 0 Å². The van der Waals surface area contributed by atoms with Gasteiger partial charge in [0.15, 0.2) is 5.60 Å². The van der Waals surface area contributed by atoms with Crippen LogP contribution in [0.3, 0.4) is 0 Å². The summed E-state index contributed by atoms with van der Waals surface area (Å²) in [5.41, 5.74) is -1.47. The highest BCUT2D eigenvalue weighted by atomic mass is 32.2. The number of halogens is 6. The molecule has 0 amide bonds. The van der Waals surface area contributed by atoms with Crippen molar-refractivity contribution >= 4 is 15.7 Å². The Morgan fingerprint density at radius 2 is 1.82 bits per heavy atom. The van der Waals surface area contributed by atoms with Crippen molar-refractivity contribution in [2.75, 3.05) is 11.5 Å². The summed E-state index contributed by atoms with van der Waals surface area (Å²) < 4.78 is 98.0. The maximum atomic E-state index is 13.4. The third-order valence-electron chi connectivity index (χ3n) is 3.87. The lowest BCUT2D eigenvalue weighted by Gasteiger charge is -2.31. The molecule has 1 rings (SSSR count). The van der Waals surface area contributed by atoms with Gasteiger partial charge in [-0.3, -0.25) is 14.6 Å². The molecule has 0 radical (unpaired) electrons. The number of nitrogens with zero attached hydrogens (tertiary/aromatic N) is 1. The Morgan fingerprint density at radius 1 is 1.25 bits per heavy atom. The van der Waals surface area contributed by atoms with Crippen LogP contribution in [-0.4, -0.2) is 49.1 Å². The van der Waals surface area contributed by atoms with Crippen LogP contribution in [0.4, 0.5) is 26.3 Å². The minimum absolute atomic E-state index is 0.0274. The third-order valence-corrected chi connectivity index (χ3v) is 5.63. The zero-order valence-corrected chi connectivity index (χ0v) is 14.9. The number of carbonyl (C=O) groups is 1. The van der Waals surface area contributed by atoms with Crippen LogP contribution in [0, 0.1) is 4.78 Å². The van der Waals surface area contributed by atoms with Crippen LogP contribution in [0.2, 0.25) is 0 Å². The number of hydrogen-bond donors (Lipinski definition) is 4. The molecule has 0 saturated heterocycles. The number of aliphatic carboxylic acids is 1. The fraction of sp³-hybridized carbons (Fsp3) is 0.571. The molecule has 160 valence electrons. The quantitative estimate of drug-likeness (QED) is 0.460. The van der Waals surface area contributed by atoms with Crippen molar-refractivity contribution in [2.24, 2.45) is 5.73 Å². The molecule has 0 spiro atoms. The van der Waals surface area contributed by atoms with Gasteiger partial charge in [0.1, 0.15) is 11.7 Å². The lowest BCUT2D eigenvalue weighted by Crippen LogP contribution is -2.44. The zero-order valence-electron chi connectivity index (χ0n) is 14.0. The normalized spacial score (nSPS) is 18.1. The Balaban J connectivity index is 3.12. The number of rotatable bonds is 8. The molecule has 0 aromatic carbocycles. The van der Waals surface area contributed by atoms with E-state index in [1.807, 2.05) is 0 Å². The van der Waals surface area contributed by atoms with Gasteiger partial charge in [-0.05, 0) is 24.1 Å². The molecule has 0 aliphatic rings. The van der Waals surface area contributed by atoms with E-state index >= 15 is 0 Å². The summed E-state index contributed by atoms with van der Waals surface area (Å²) in [6.07, 6.45) is -11.9. The van der Waals surface area contributed by atoms with Crippen LogP contribution in [0.25, 0.3) is 0 Å². The minimum atomic E-state index is -5.44. The number of nitrogens with one attached hydrogen (secondary N) is 1. The number of pyridine rings is 1. The predicted octanol–water partition coefficient (Wildman–Crippen LogP) is 2.09. The van der Waals surface area contributed by atoms with Crippen LogP contribution in [0.1, 0.15) is 24.1 Å². The summed E-state index contributed by atoms with van der Waals surface area (Å²) in [6.45, 7) is 0. The second kappa shape index (κ2) is 8.21. The summed E-state index contributed by atoms with van der Waals surface area (Å²) in [6, 6.07) is -0.920. The van der Waals surface area contributed by atoms with E-state index in [-0.39, 0.29) is 6.07 Å². The zero-order chi connectivity index (χ0) is 22.0. The van der Waals surface area contributed by atoms with Gasteiger partial charge in [0.2, 0.25) is 0 Å². The number of hydrogen-bond acceptors (Lipinski definition) is 6. The van der Waals surface area contributed by atoms with Gasteiger partial charge in [0.05, 0.1) is 0 Å². The van der Waals surface area contributed by atoms with Crippen molar-refractivity contribution in [2.45, 2.75) is 36.8 Å². The molecular formula is C14H17F6N3O4S. The molecule has 5 N–H and O–H groups in total. The molecule has 0 aliphatic heterocycles. The maximum absolute atomic E-state index is 13.4. The van der Waals surface area contributed by atoms with E-state index in [0.717, 1.165) is 0 Å². The van der Waals surface area contributed by atoms with Crippen LogP contribution in [0.5, 0.6) is 0 Å². The smallest absolute Gasteiger partial charge is 0.433 e. The van der Waals surface area contributed by atoms with Gasteiger partial charge in [0, 0.05) is 33.9 Å². The molecule has 0 fully saturated rings. The summed E-state index contributed by atoms with van der Waals surface area (Å²) in [7, 11) is -3.79. The number of nitrogens with two attached hydrogens (primary N) is 1. The average Bonchev–Trinajstić information content (AvgIpc) is 2.56. The van der Waals surface area contributed by atoms with E-state index in [1.54, 1.807) is 0 Å². The van der Waals surface area contributed by atoms with Gasteiger partial charge in [0.25, 0.3) is 0 Å². The van der Waals surface area contributed by atoms with Crippen LogP contribution < -0.4 is 5.73 Å². The fourth-order valence-corrected chi connectivity index (χ4v) is 3.61. The Kier molecular flexibility index (Phi) is 7.07. The van der Waals surface area contributed by atoms with Gasteiger partial charge >= 0.3 is 18.3 Å². The summed E-state index contributed by atoms with van der Waals surface area (Å²) in [5, 5.41) is 18.7. The van der Waals surface area contributed by atoms with Crippen LogP contribution in [0.15, 0.2) is 18.3 Å². The highest BCUT2D eigenvalue weighted by Gasteiger charge is 2.55. The van der Waals surface area contributed by atoms with Crippen LogP contribution >= 0.6 is 0 Å². The molecular weight excluding hydrogens is 420 g/mol. The molecule has 0 bridgehead atoms. The fourth-order valence-electron chi connectivity index (χ4n) is 2.15. The molecule has 14 heteroatoms. The van der Waals surface area contributed by atoms with Gasteiger partial charge < -0.3 is 15.9 Å². The summed E-state index contributed by atoms with van der Waals surface area (Å²) in [5.74, 6) is -3.16. The molecule has 0 saturated carbocycles. The molecule has 1 heterocycles. The topological polar surface area (TPSA) is 137 Å². The molecule has 2 unspecified atom stereocenters. The second-order valence-electron chi connectivity index (χ2n) is 5.99. The van der Waals surface area contributed by atoms with E-state index in [0.29, 0.717) is 12.3 Å². The van der Waals surface area contributed by atoms with Gasteiger partial charge in [-0.1, -0.05) is 0 Å². The predicted molar refractivity (Wildman–Crippen MR) is 84.6 cm³/mol.